The summed E-state index contributed by atoms with van der Waals surface area (Å²) in [7, 11) is 0. The Balaban J connectivity index is 2.20. The SMILES string of the molecule is C1CCN=N[N]C1. The number of hydrogen-bond acceptors (Lipinski definition) is 2. The van der Waals surface area contributed by atoms with Crippen LogP contribution in [0.2, 0.25) is 0 Å². The predicted octanol–water partition coefficient (Wildman–Crippen LogP) is 0.752. The minimum absolute atomic E-state index is 0.865. The van der Waals surface area contributed by atoms with Crippen LogP contribution in [0.4, 0.5) is 0 Å². The van der Waals surface area contributed by atoms with Crippen LogP contribution in [0.5, 0.6) is 0 Å². The standard InChI is InChI=1S/C4H8N3/c1-2-4-6-7-5-3-1/h1-4H2. The van der Waals surface area contributed by atoms with Crippen molar-refractivity contribution in [3.8, 4) is 0 Å². The molecule has 39 valence electrons. The number of hydrogen-bond donors (Lipinski definition) is 0. The molecule has 3 heteroatoms. The van der Waals surface area contributed by atoms with Crippen LogP contribution in [0.15, 0.2) is 10.3 Å². The summed E-state index contributed by atoms with van der Waals surface area (Å²) in [5.41, 5.74) is 3.73. The van der Waals surface area contributed by atoms with E-state index in [2.05, 4.69) is 15.8 Å². The van der Waals surface area contributed by atoms with Gasteiger partial charge in [-0.2, -0.15) is 10.5 Å². The van der Waals surface area contributed by atoms with E-state index in [1.165, 1.54) is 0 Å². The van der Waals surface area contributed by atoms with Gasteiger partial charge in [0.05, 0.1) is 13.1 Å². The summed E-state index contributed by atoms with van der Waals surface area (Å²) in [6.07, 6.45) is 2.29. The summed E-state index contributed by atoms with van der Waals surface area (Å²) < 4.78 is 0. The van der Waals surface area contributed by atoms with E-state index in [-0.39, 0.29) is 0 Å². The molecule has 0 aliphatic carbocycles. The van der Waals surface area contributed by atoms with E-state index >= 15 is 0 Å². The van der Waals surface area contributed by atoms with Crippen molar-refractivity contribution >= 4 is 0 Å². The van der Waals surface area contributed by atoms with E-state index in [9.17, 15) is 0 Å². The molecule has 0 aromatic carbocycles. The molecule has 0 saturated heterocycles. The minimum Gasteiger partial charge on any atom is -0.169 e. The predicted molar refractivity (Wildman–Crippen MR) is 26.0 cm³/mol. The van der Waals surface area contributed by atoms with Crippen LogP contribution in [0.1, 0.15) is 12.8 Å². The van der Waals surface area contributed by atoms with Gasteiger partial charge in [0, 0.05) is 0 Å². The zero-order valence-corrected chi connectivity index (χ0v) is 4.17. The molecule has 0 amide bonds. The molecule has 0 aromatic rings. The Bertz CT molecular complexity index is 61.3. The first-order valence-corrected chi connectivity index (χ1v) is 2.53. The van der Waals surface area contributed by atoms with E-state index in [1.54, 1.807) is 0 Å². The van der Waals surface area contributed by atoms with Gasteiger partial charge in [0.1, 0.15) is 0 Å². The van der Waals surface area contributed by atoms with Crippen molar-refractivity contribution in [2.75, 3.05) is 13.1 Å². The van der Waals surface area contributed by atoms with Crippen LogP contribution < -0.4 is 5.43 Å². The maximum absolute atomic E-state index is 3.73. The average molecular weight is 98.1 g/mol. The maximum Gasteiger partial charge on any atom is 0.0621 e. The first kappa shape index (κ1) is 4.56. The molecule has 1 aliphatic heterocycles. The molecule has 0 unspecified atom stereocenters. The normalized spacial score (nSPS) is 20.6. The summed E-state index contributed by atoms with van der Waals surface area (Å²) in [6.45, 7) is 1.73. The Hall–Kier alpha value is -0.600. The van der Waals surface area contributed by atoms with Gasteiger partial charge >= 0.3 is 0 Å². The van der Waals surface area contributed by atoms with Gasteiger partial charge in [-0.15, -0.1) is 0 Å². The molecular weight excluding hydrogens is 90.1 g/mol. The Morgan fingerprint density at radius 1 is 1.00 bits per heavy atom. The molecule has 1 aliphatic rings. The Labute approximate surface area is 42.8 Å². The van der Waals surface area contributed by atoms with Crippen molar-refractivity contribution in [2.45, 2.75) is 12.8 Å². The molecule has 3 nitrogen and oxygen atoms in total. The second kappa shape index (κ2) is 2.55. The first-order chi connectivity index (χ1) is 3.50. The fraction of sp³-hybridized carbons (Fsp3) is 1.00. The topological polar surface area (TPSA) is 38.8 Å². The van der Waals surface area contributed by atoms with E-state index in [4.69, 9.17) is 0 Å². The van der Waals surface area contributed by atoms with Gasteiger partial charge in [0.15, 0.2) is 0 Å². The third-order valence-electron chi connectivity index (χ3n) is 0.893. The van der Waals surface area contributed by atoms with Crippen molar-refractivity contribution in [1.82, 2.24) is 5.43 Å². The molecular formula is C4H8N3. The van der Waals surface area contributed by atoms with Gasteiger partial charge in [-0.1, -0.05) is 5.22 Å². The summed E-state index contributed by atoms with van der Waals surface area (Å²) in [4.78, 5) is 0. The fourth-order valence-electron chi connectivity index (χ4n) is 0.499. The van der Waals surface area contributed by atoms with Gasteiger partial charge < -0.3 is 0 Å². The second-order valence-corrected chi connectivity index (χ2v) is 1.53. The van der Waals surface area contributed by atoms with Crippen LogP contribution in [-0.2, 0) is 0 Å². The van der Waals surface area contributed by atoms with Crippen LogP contribution in [0, 0.1) is 0 Å². The third kappa shape index (κ3) is 1.52. The van der Waals surface area contributed by atoms with Gasteiger partial charge in [-0.25, -0.2) is 0 Å². The van der Waals surface area contributed by atoms with E-state index < -0.39 is 0 Å². The van der Waals surface area contributed by atoms with Crippen molar-refractivity contribution in [1.29, 1.82) is 0 Å². The average Bonchev–Trinajstić information content (AvgIpc) is 1.90. The molecule has 0 fully saturated rings. The Morgan fingerprint density at radius 3 is 2.86 bits per heavy atom. The number of rotatable bonds is 0. The Kier molecular flexibility index (Phi) is 1.66. The van der Waals surface area contributed by atoms with Crippen molar-refractivity contribution in [3.05, 3.63) is 0 Å². The lowest BCUT2D eigenvalue weighted by molar-refractivity contribution is 0.676. The highest BCUT2D eigenvalue weighted by Crippen LogP contribution is 1.92. The molecule has 7 heavy (non-hydrogen) atoms. The van der Waals surface area contributed by atoms with Crippen molar-refractivity contribution in [2.24, 2.45) is 10.3 Å². The van der Waals surface area contributed by atoms with Gasteiger partial charge in [0.25, 0.3) is 0 Å². The van der Waals surface area contributed by atoms with Crippen LogP contribution in [-0.4, -0.2) is 13.1 Å². The molecule has 1 rings (SSSR count). The molecule has 1 radical (unpaired) electrons. The summed E-state index contributed by atoms with van der Waals surface area (Å²) >= 11 is 0. The maximum atomic E-state index is 3.73. The minimum atomic E-state index is 0.865. The Morgan fingerprint density at radius 2 is 1.86 bits per heavy atom. The zero-order valence-electron chi connectivity index (χ0n) is 4.17. The fourth-order valence-corrected chi connectivity index (χ4v) is 0.499. The van der Waals surface area contributed by atoms with Crippen LogP contribution in [0.25, 0.3) is 0 Å². The lowest BCUT2D eigenvalue weighted by Gasteiger charge is -1.83. The smallest absolute Gasteiger partial charge is 0.0621 e. The van der Waals surface area contributed by atoms with Gasteiger partial charge in [-0.3, -0.25) is 0 Å². The zero-order chi connectivity index (χ0) is 4.95. The van der Waals surface area contributed by atoms with Crippen molar-refractivity contribution in [3.63, 3.8) is 0 Å². The van der Waals surface area contributed by atoms with Crippen molar-refractivity contribution < 1.29 is 0 Å². The van der Waals surface area contributed by atoms with Crippen LogP contribution in [0.3, 0.4) is 0 Å². The highest BCUT2D eigenvalue weighted by Gasteiger charge is 1.90. The number of nitrogens with zero attached hydrogens (tertiary/aromatic N) is 3. The molecule has 0 aromatic heterocycles. The molecule has 0 saturated carbocycles. The van der Waals surface area contributed by atoms with Crippen LogP contribution >= 0.6 is 0 Å². The first-order valence-electron chi connectivity index (χ1n) is 2.53. The summed E-state index contributed by atoms with van der Waals surface area (Å²) in [6, 6.07) is 0. The molecule has 0 atom stereocenters. The highest BCUT2D eigenvalue weighted by molar-refractivity contribution is 4.47. The van der Waals surface area contributed by atoms with E-state index in [0.29, 0.717) is 0 Å². The summed E-state index contributed by atoms with van der Waals surface area (Å²) in [5, 5.41) is 7.25. The molecule has 0 spiro atoms. The van der Waals surface area contributed by atoms with Gasteiger partial charge in [0.2, 0.25) is 0 Å². The lowest BCUT2D eigenvalue weighted by atomic mass is 10.3. The second-order valence-electron chi connectivity index (χ2n) is 1.53. The quantitative estimate of drug-likeness (QED) is 0.429. The summed E-state index contributed by atoms with van der Waals surface area (Å²) in [5.74, 6) is 0. The highest BCUT2D eigenvalue weighted by atomic mass is 15.4. The monoisotopic (exact) mass is 98.1 g/mol. The van der Waals surface area contributed by atoms with E-state index in [1.807, 2.05) is 0 Å². The molecule has 1 heterocycles. The van der Waals surface area contributed by atoms with Gasteiger partial charge in [-0.05, 0) is 12.8 Å². The van der Waals surface area contributed by atoms with E-state index in [0.717, 1.165) is 25.9 Å². The molecule has 0 N–H and O–H groups in total. The molecule has 0 bridgehead atoms. The lowest BCUT2D eigenvalue weighted by Crippen LogP contribution is -1.93. The third-order valence-corrected chi connectivity index (χ3v) is 0.893. The largest absolute Gasteiger partial charge is 0.169 e.